The molecule has 0 aromatic heterocycles. The lowest BCUT2D eigenvalue weighted by Gasteiger charge is -2.18. The monoisotopic (exact) mass is 234 g/mol. The van der Waals surface area contributed by atoms with E-state index in [0.29, 0.717) is 13.1 Å². The molecular formula is C13H18N2O2. The topological polar surface area (TPSA) is 56.5 Å². The van der Waals surface area contributed by atoms with E-state index in [2.05, 4.69) is 0 Å². The van der Waals surface area contributed by atoms with Crippen LogP contribution >= 0.6 is 0 Å². The van der Waals surface area contributed by atoms with E-state index in [1.807, 2.05) is 37.3 Å². The molecule has 4 nitrogen and oxygen atoms in total. The van der Waals surface area contributed by atoms with E-state index in [-0.39, 0.29) is 6.61 Å². The lowest BCUT2D eigenvalue weighted by molar-refractivity contribution is 0.0799. The highest BCUT2D eigenvalue weighted by atomic mass is 16.5. The Kier molecular flexibility index (Phi) is 5.47. The van der Waals surface area contributed by atoms with Crippen LogP contribution in [0.5, 0.6) is 5.75 Å². The van der Waals surface area contributed by atoms with Gasteiger partial charge in [-0.05, 0) is 26.1 Å². The highest BCUT2D eigenvalue weighted by molar-refractivity contribution is 5.26. The number of aryl methyl sites for hydroxylation is 1. The van der Waals surface area contributed by atoms with Gasteiger partial charge in [-0.25, -0.2) is 0 Å². The molecule has 1 aromatic rings. The zero-order valence-corrected chi connectivity index (χ0v) is 10.3. The number of hydrogen-bond donors (Lipinski definition) is 1. The van der Waals surface area contributed by atoms with Crippen LogP contribution in [-0.4, -0.2) is 42.9 Å². The zero-order valence-electron chi connectivity index (χ0n) is 10.3. The Morgan fingerprint density at radius 2 is 2.06 bits per heavy atom. The Bertz CT molecular complexity index is 370. The molecule has 0 saturated heterocycles. The van der Waals surface area contributed by atoms with E-state index < -0.39 is 6.10 Å². The molecule has 0 aliphatic rings. The summed E-state index contributed by atoms with van der Waals surface area (Å²) >= 11 is 0. The van der Waals surface area contributed by atoms with Gasteiger partial charge in [0.15, 0.2) is 0 Å². The van der Waals surface area contributed by atoms with Gasteiger partial charge in [0.1, 0.15) is 18.5 Å². The number of ether oxygens (including phenoxy) is 1. The second kappa shape index (κ2) is 6.89. The number of nitriles is 1. The standard InChI is InChI=1S/C13H18N2O2/c1-11-3-5-13(6-4-11)17-10-12(16)9-15(2)8-7-14/h3-6,12,16H,8-10H2,1-2H3. The van der Waals surface area contributed by atoms with Crippen molar-refractivity contribution in [1.29, 1.82) is 5.26 Å². The van der Waals surface area contributed by atoms with Gasteiger partial charge in [-0.1, -0.05) is 17.7 Å². The summed E-state index contributed by atoms with van der Waals surface area (Å²) in [4.78, 5) is 1.75. The molecule has 0 aliphatic carbocycles. The number of hydrogen-bond acceptors (Lipinski definition) is 4. The smallest absolute Gasteiger partial charge is 0.119 e. The third-order valence-electron chi connectivity index (χ3n) is 2.33. The SMILES string of the molecule is Cc1ccc(OCC(O)CN(C)CC#N)cc1. The van der Waals surface area contributed by atoms with Gasteiger partial charge in [-0.2, -0.15) is 5.26 Å². The van der Waals surface area contributed by atoms with E-state index in [1.165, 1.54) is 5.56 Å². The number of likely N-dealkylation sites (N-methyl/N-ethyl adjacent to an activating group) is 1. The van der Waals surface area contributed by atoms with Crippen molar-refractivity contribution in [2.75, 3.05) is 26.7 Å². The lowest BCUT2D eigenvalue weighted by atomic mass is 10.2. The van der Waals surface area contributed by atoms with Crippen molar-refractivity contribution in [1.82, 2.24) is 4.90 Å². The van der Waals surface area contributed by atoms with E-state index >= 15 is 0 Å². The van der Waals surface area contributed by atoms with Crippen molar-refractivity contribution >= 4 is 0 Å². The fourth-order valence-corrected chi connectivity index (χ4v) is 1.42. The van der Waals surface area contributed by atoms with Crippen LogP contribution < -0.4 is 4.74 Å². The minimum atomic E-state index is -0.588. The average Bonchev–Trinajstić information content (AvgIpc) is 2.28. The highest BCUT2D eigenvalue weighted by Gasteiger charge is 2.08. The zero-order chi connectivity index (χ0) is 12.7. The predicted molar refractivity (Wildman–Crippen MR) is 65.8 cm³/mol. The molecule has 0 saturated carbocycles. The Morgan fingerprint density at radius 1 is 1.41 bits per heavy atom. The van der Waals surface area contributed by atoms with E-state index in [1.54, 1.807) is 11.9 Å². The van der Waals surface area contributed by atoms with Crippen LogP contribution in [-0.2, 0) is 0 Å². The highest BCUT2D eigenvalue weighted by Crippen LogP contribution is 2.11. The Morgan fingerprint density at radius 3 is 2.65 bits per heavy atom. The fraction of sp³-hybridized carbons (Fsp3) is 0.462. The maximum Gasteiger partial charge on any atom is 0.119 e. The Labute approximate surface area is 102 Å². The summed E-state index contributed by atoms with van der Waals surface area (Å²) in [6.45, 7) is 2.98. The van der Waals surface area contributed by atoms with E-state index in [0.717, 1.165) is 5.75 Å². The first kappa shape index (κ1) is 13.5. The maximum atomic E-state index is 9.69. The largest absolute Gasteiger partial charge is 0.491 e. The molecule has 0 radical (unpaired) electrons. The number of aliphatic hydroxyl groups is 1. The van der Waals surface area contributed by atoms with Crippen LogP contribution in [0.3, 0.4) is 0 Å². The van der Waals surface area contributed by atoms with Crippen molar-refractivity contribution in [3.05, 3.63) is 29.8 Å². The molecule has 1 unspecified atom stereocenters. The summed E-state index contributed by atoms with van der Waals surface area (Å²) in [5, 5.41) is 18.2. The number of rotatable bonds is 6. The van der Waals surface area contributed by atoms with Crippen molar-refractivity contribution < 1.29 is 9.84 Å². The predicted octanol–water partition coefficient (Wildman–Crippen LogP) is 1.19. The molecule has 0 aliphatic heterocycles. The van der Waals surface area contributed by atoms with E-state index in [4.69, 9.17) is 10.00 Å². The van der Waals surface area contributed by atoms with Crippen LogP contribution in [0.25, 0.3) is 0 Å². The summed E-state index contributed by atoms with van der Waals surface area (Å²) in [7, 11) is 1.79. The second-order valence-corrected chi connectivity index (χ2v) is 4.13. The summed E-state index contributed by atoms with van der Waals surface area (Å²) in [6, 6.07) is 9.70. The summed E-state index contributed by atoms with van der Waals surface area (Å²) in [5.74, 6) is 0.748. The van der Waals surface area contributed by atoms with Gasteiger partial charge >= 0.3 is 0 Å². The molecule has 1 N–H and O–H groups in total. The normalized spacial score (nSPS) is 12.2. The molecule has 17 heavy (non-hydrogen) atoms. The van der Waals surface area contributed by atoms with Crippen LogP contribution in [0.15, 0.2) is 24.3 Å². The minimum absolute atomic E-state index is 0.235. The molecule has 0 amide bonds. The summed E-state index contributed by atoms with van der Waals surface area (Å²) < 4.78 is 5.44. The number of nitrogens with zero attached hydrogens (tertiary/aromatic N) is 2. The molecule has 0 bridgehead atoms. The minimum Gasteiger partial charge on any atom is -0.491 e. The third-order valence-corrected chi connectivity index (χ3v) is 2.33. The molecule has 92 valence electrons. The van der Waals surface area contributed by atoms with Gasteiger partial charge in [0.25, 0.3) is 0 Å². The van der Waals surface area contributed by atoms with E-state index in [9.17, 15) is 5.11 Å². The van der Waals surface area contributed by atoms with Gasteiger partial charge in [-0.3, -0.25) is 4.90 Å². The molecule has 0 heterocycles. The molecule has 1 atom stereocenters. The van der Waals surface area contributed by atoms with Gasteiger partial charge in [0.05, 0.1) is 12.6 Å². The fourth-order valence-electron chi connectivity index (χ4n) is 1.42. The van der Waals surface area contributed by atoms with Crippen LogP contribution in [0, 0.1) is 18.3 Å². The Balaban J connectivity index is 2.30. The van der Waals surface area contributed by atoms with Gasteiger partial charge < -0.3 is 9.84 Å². The van der Waals surface area contributed by atoms with Gasteiger partial charge in [0, 0.05) is 6.54 Å². The van der Waals surface area contributed by atoms with Crippen molar-refractivity contribution in [2.24, 2.45) is 0 Å². The lowest BCUT2D eigenvalue weighted by Crippen LogP contribution is -2.33. The Hall–Kier alpha value is -1.57. The summed E-state index contributed by atoms with van der Waals surface area (Å²) in [6.07, 6.45) is -0.588. The summed E-state index contributed by atoms with van der Waals surface area (Å²) in [5.41, 5.74) is 1.17. The van der Waals surface area contributed by atoms with Crippen molar-refractivity contribution in [3.63, 3.8) is 0 Å². The van der Waals surface area contributed by atoms with Crippen LogP contribution in [0.2, 0.25) is 0 Å². The van der Waals surface area contributed by atoms with Crippen molar-refractivity contribution in [3.8, 4) is 11.8 Å². The molecule has 0 spiro atoms. The third kappa shape index (κ3) is 5.34. The average molecular weight is 234 g/mol. The molecule has 1 rings (SSSR count). The molecular weight excluding hydrogens is 216 g/mol. The van der Waals surface area contributed by atoms with Crippen molar-refractivity contribution in [2.45, 2.75) is 13.0 Å². The molecule has 4 heteroatoms. The second-order valence-electron chi connectivity index (χ2n) is 4.13. The van der Waals surface area contributed by atoms with Crippen LogP contribution in [0.4, 0.5) is 0 Å². The number of aliphatic hydroxyl groups excluding tert-OH is 1. The molecule has 1 aromatic carbocycles. The first-order valence-electron chi connectivity index (χ1n) is 5.55. The number of benzene rings is 1. The van der Waals surface area contributed by atoms with Crippen LogP contribution in [0.1, 0.15) is 5.56 Å². The first-order valence-corrected chi connectivity index (χ1v) is 5.55. The quantitative estimate of drug-likeness (QED) is 0.751. The molecule has 0 fully saturated rings. The van der Waals surface area contributed by atoms with Gasteiger partial charge in [0.2, 0.25) is 0 Å². The van der Waals surface area contributed by atoms with Gasteiger partial charge in [-0.15, -0.1) is 0 Å². The first-order chi connectivity index (χ1) is 8.11. The maximum absolute atomic E-state index is 9.69.